The first-order valence-corrected chi connectivity index (χ1v) is 7.49. The van der Waals surface area contributed by atoms with E-state index in [1.165, 1.54) is 11.1 Å². The first-order valence-electron chi connectivity index (χ1n) is 7.49. The zero-order valence-electron chi connectivity index (χ0n) is 12.5. The minimum atomic E-state index is -0.209. The van der Waals surface area contributed by atoms with Crippen LogP contribution in [0.2, 0.25) is 0 Å². The van der Waals surface area contributed by atoms with E-state index in [1.54, 1.807) is 0 Å². The monoisotopic (exact) mass is 275 g/mol. The summed E-state index contributed by atoms with van der Waals surface area (Å²) in [5.41, 5.74) is 9.23. The van der Waals surface area contributed by atoms with E-state index in [4.69, 9.17) is 5.73 Å². The number of anilines is 1. The molecule has 0 aliphatic carbocycles. The predicted octanol–water partition coefficient (Wildman–Crippen LogP) is 1.95. The molecule has 2 rings (SSSR count). The van der Waals surface area contributed by atoms with Crippen molar-refractivity contribution in [2.24, 2.45) is 5.73 Å². The number of rotatable bonds is 5. The molecule has 0 radical (unpaired) electrons. The molecule has 4 nitrogen and oxygen atoms in total. The number of amides is 1. The maximum Gasteiger partial charge on any atom is 0.240 e. The van der Waals surface area contributed by atoms with Crippen LogP contribution in [0.15, 0.2) is 18.2 Å². The van der Waals surface area contributed by atoms with Gasteiger partial charge in [0.2, 0.25) is 5.91 Å². The van der Waals surface area contributed by atoms with Gasteiger partial charge in [-0.25, -0.2) is 0 Å². The third kappa shape index (κ3) is 3.31. The molecule has 1 aliphatic heterocycles. The van der Waals surface area contributed by atoms with Gasteiger partial charge in [0.1, 0.15) is 6.04 Å². The highest BCUT2D eigenvalue weighted by atomic mass is 16.1. The summed E-state index contributed by atoms with van der Waals surface area (Å²) in [6.07, 6.45) is 3.07. The minimum Gasteiger partial charge on any atom is -0.368 e. The van der Waals surface area contributed by atoms with Gasteiger partial charge >= 0.3 is 0 Å². The molecule has 1 saturated heterocycles. The molecule has 1 atom stereocenters. The second-order valence-electron chi connectivity index (χ2n) is 5.52. The molecule has 3 N–H and O–H groups in total. The van der Waals surface area contributed by atoms with Gasteiger partial charge in [-0.05, 0) is 44.4 Å². The Morgan fingerprint density at radius 1 is 1.45 bits per heavy atom. The second kappa shape index (κ2) is 6.75. The fraction of sp³-hybridized carbons (Fsp3) is 0.562. The Kier molecular flexibility index (Phi) is 5.01. The van der Waals surface area contributed by atoms with Crippen LogP contribution in [-0.2, 0) is 11.3 Å². The molecule has 1 aromatic carbocycles. The lowest BCUT2D eigenvalue weighted by molar-refractivity contribution is -0.119. The molecule has 1 heterocycles. The number of carbonyl (C=O) groups is 1. The summed E-state index contributed by atoms with van der Waals surface area (Å²) in [5.74, 6) is -0.209. The summed E-state index contributed by atoms with van der Waals surface area (Å²) in [7, 11) is 0. The maximum absolute atomic E-state index is 11.7. The molecule has 0 bridgehead atoms. The summed E-state index contributed by atoms with van der Waals surface area (Å²) < 4.78 is 0. The Labute approximate surface area is 121 Å². The van der Waals surface area contributed by atoms with Crippen molar-refractivity contribution >= 4 is 11.6 Å². The van der Waals surface area contributed by atoms with Gasteiger partial charge in [-0.1, -0.05) is 24.6 Å². The van der Waals surface area contributed by atoms with Crippen molar-refractivity contribution in [2.45, 2.75) is 45.7 Å². The molecule has 1 fully saturated rings. The topological polar surface area (TPSA) is 58.4 Å². The van der Waals surface area contributed by atoms with Crippen molar-refractivity contribution in [1.82, 2.24) is 5.32 Å². The molecule has 4 heteroatoms. The van der Waals surface area contributed by atoms with Gasteiger partial charge in [0.05, 0.1) is 0 Å². The molecular formula is C16H25N3O. The highest BCUT2D eigenvalue weighted by Crippen LogP contribution is 2.28. The van der Waals surface area contributed by atoms with E-state index in [2.05, 4.69) is 42.3 Å². The Morgan fingerprint density at radius 2 is 2.25 bits per heavy atom. The van der Waals surface area contributed by atoms with E-state index in [9.17, 15) is 4.79 Å². The van der Waals surface area contributed by atoms with Crippen LogP contribution >= 0.6 is 0 Å². The Morgan fingerprint density at radius 3 is 2.95 bits per heavy atom. The molecule has 0 spiro atoms. The number of primary amides is 1. The molecule has 110 valence electrons. The first kappa shape index (κ1) is 14.9. The largest absolute Gasteiger partial charge is 0.368 e. The minimum absolute atomic E-state index is 0.160. The summed E-state index contributed by atoms with van der Waals surface area (Å²) in [4.78, 5) is 13.9. The highest BCUT2D eigenvalue weighted by Gasteiger charge is 2.28. The molecule has 20 heavy (non-hydrogen) atoms. The van der Waals surface area contributed by atoms with Gasteiger partial charge in [-0.15, -0.1) is 0 Å². The Hall–Kier alpha value is -1.55. The molecule has 1 unspecified atom stereocenters. The van der Waals surface area contributed by atoms with E-state index < -0.39 is 0 Å². The molecule has 0 saturated carbocycles. The summed E-state index contributed by atoms with van der Waals surface area (Å²) in [6, 6.07) is 6.28. The fourth-order valence-electron chi connectivity index (χ4n) is 2.91. The number of aryl methyl sites for hydroxylation is 1. The number of piperidine rings is 1. The quantitative estimate of drug-likeness (QED) is 0.863. The van der Waals surface area contributed by atoms with Crippen LogP contribution in [0, 0.1) is 6.92 Å². The van der Waals surface area contributed by atoms with Crippen molar-refractivity contribution in [2.75, 3.05) is 18.0 Å². The molecule has 1 amide bonds. The van der Waals surface area contributed by atoms with Gasteiger partial charge in [0.25, 0.3) is 0 Å². The van der Waals surface area contributed by atoms with Crippen LogP contribution in [0.1, 0.15) is 37.3 Å². The fourth-order valence-corrected chi connectivity index (χ4v) is 2.91. The first-order chi connectivity index (χ1) is 9.63. The zero-order valence-corrected chi connectivity index (χ0v) is 12.5. The van der Waals surface area contributed by atoms with E-state index in [-0.39, 0.29) is 11.9 Å². The highest BCUT2D eigenvalue weighted by molar-refractivity contribution is 5.84. The van der Waals surface area contributed by atoms with E-state index in [0.717, 1.165) is 44.6 Å². The zero-order chi connectivity index (χ0) is 14.5. The van der Waals surface area contributed by atoms with Crippen LogP contribution < -0.4 is 16.0 Å². The van der Waals surface area contributed by atoms with Crippen molar-refractivity contribution in [3.8, 4) is 0 Å². The van der Waals surface area contributed by atoms with Crippen molar-refractivity contribution in [3.63, 3.8) is 0 Å². The Bertz CT molecular complexity index is 473. The molecular weight excluding hydrogens is 250 g/mol. The van der Waals surface area contributed by atoms with Crippen molar-refractivity contribution in [3.05, 3.63) is 29.3 Å². The number of carbonyl (C=O) groups excluding carboxylic acids is 1. The van der Waals surface area contributed by atoms with Gasteiger partial charge in [0.15, 0.2) is 0 Å². The Balaban J connectivity index is 2.31. The average molecular weight is 275 g/mol. The SMILES string of the molecule is CCNCc1cc(C)ccc1N1CCCCC1C(N)=O. The molecule has 1 aliphatic rings. The van der Waals surface area contributed by atoms with Crippen LogP contribution in [0.3, 0.4) is 0 Å². The van der Waals surface area contributed by atoms with Crippen molar-refractivity contribution in [1.29, 1.82) is 0 Å². The van der Waals surface area contributed by atoms with Crippen LogP contribution in [0.4, 0.5) is 5.69 Å². The number of benzene rings is 1. The molecule has 1 aromatic rings. The number of hydrogen-bond donors (Lipinski definition) is 2. The lowest BCUT2D eigenvalue weighted by Crippen LogP contribution is -2.48. The lowest BCUT2D eigenvalue weighted by Gasteiger charge is -2.37. The van der Waals surface area contributed by atoms with Crippen LogP contribution in [0.5, 0.6) is 0 Å². The number of nitrogens with two attached hydrogens (primary N) is 1. The van der Waals surface area contributed by atoms with Crippen molar-refractivity contribution < 1.29 is 4.79 Å². The van der Waals surface area contributed by atoms with Gasteiger partial charge in [-0.2, -0.15) is 0 Å². The summed E-state index contributed by atoms with van der Waals surface area (Å²) in [5, 5.41) is 3.37. The summed E-state index contributed by atoms with van der Waals surface area (Å²) >= 11 is 0. The third-order valence-electron chi connectivity index (χ3n) is 3.94. The number of nitrogens with one attached hydrogen (secondary N) is 1. The average Bonchev–Trinajstić information content (AvgIpc) is 2.45. The standard InChI is InChI=1S/C16H25N3O/c1-3-18-11-13-10-12(2)7-8-14(13)19-9-5-4-6-15(19)16(17)20/h7-8,10,15,18H,3-6,9,11H2,1-2H3,(H2,17,20). The summed E-state index contributed by atoms with van der Waals surface area (Å²) in [6.45, 7) is 6.88. The van der Waals surface area contributed by atoms with Crippen LogP contribution in [-0.4, -0.2) is 25.0 Å². The van der Waals surface area contributed by atoms with E-state index >= 15 is 0 Å². The maximum atomic E-state index is 11.7. The number of nitrogens with zero attached hydrogens (tertiary/aromatic N) is 1. The second-order valence-corrected chi connectivity index (χ2v) is 5.52. The van der Waals surface area contributed by atoms with Gasteiger partial charge < -0.3 is 16.0 Å². The van der Waals surface area contributed by atoms with Gasteiger partial charge in [0, 0.05) is 18.8 Å². The molecule has 0 aromatic heterocycles. The normalized spacial score (nSPS) is 19.1. The van der Waals surface area contributed by atoms with E-state index in [0.29, 0.717) is 0 Å². The number of hydrogen-bond acceptors (Lipinski definition) is 3. The third-order valence-corrected chi connectivity index (χ3v) is 3.94. The smallest absolute Gasteiger partial charge is 0.240 e. The lowest BCUT2D eigenvalue weighted by atomic mass is 9.98. The van der Waals surface area contributed by atoms with E-state index in [1.807, 2.05) is 0 Å². The predicted molar refractivity (Wildman–Crippen MR) is 82.7 cm³/mol. The van der Waals surface area contributed by atoms with Gasteiger partial charge in [-0.3, -0.25) is 4.79 Å². The van der Waals surface area contributed by atoms with Crippen LogP contribution in [0.25, 0.3) is 0 Å².